The molecule has 1 amide bonds. The average Bonchev–Trinajstić information content (AvgIpc) is 3.02. The van der Waals surface area contributed by atoms with Crippen molar-refractivity contribution in [3.63, 3.8) is 0 Å². The van der Waals surface area contributed by atoms with Crippen molar-refractivity contribution < 1.29 is 4.79 Å². The van der Waals surface area contributed by atoms with Gasteiger partial charge in [-0.2, -0.15) is 4.98 Å². The molecule has 7 nitrogen and oxygen atoms in total. The predicted molar refractivity (Wildman–Crippen MR) is 75.2 cm³/mol. The summed E-state index contributed by atoms with van der Waals surface area (Å²) in [6.45, 7) is 2.46. The first kappa shape index (κ1) is 12.8. The number of aromatic nitrogens is 4. The van der Waals surface area contributed by atoms with Crippen molar-refractivity contribution in [2.24, 2.45) is 7.05 Å². The van der Waals surface area contributed by atoms with Crippen molar-refractivity contribution in [1.82, 2.24) is 24.4 Å². The van der Waals surface area contributed by atoms with Gasteiger partial charge in [-0.15, -0.1) is 0 Å². The van der Waals surface area contributed by atoms with Crippen LogP contribution in [0, 0.1) is 0 Å². The van der Waals surface area contributed by atoms with Crippen molar-refractivity contribution in [2.45, 2.75) is 19.3 Å². The highest BCUT2D eigenvalue weighted by atomic mass is 16.2. The Morgan fingerprint density at radius 3 is 3.10 bits per heavy atom. The molecule has 0 aliphatic carbocycles. The SMILES string of the molecule is Cn1cnc2cnc(NCCCN3CCCC3=O)nc21. The molecule has 20 heavy (non-hydrogen) atoms. The number of imidazole rings is 1. The van der Waals surface area contributed by atoms with E-state index < -0.39 is 0 Å². The minimum absolute atomic E-state index is 0.276. The van der Waals surface area contributed by atoms with Crippen LogP contribution in [0.15, 0.2) is 12.5 Å². The highest BCUT2D eigenvalue weighted by Gasteiger charge is 2.18. The van der Waals surface area contributed by atoms with Gasteiger partial charge in [-0.05, 0) is 12.8 Å². The number of hydrogen-bond donors (Lipinski definition) is 1. The Labute approximate surface area is 117 Å². The van der Waals surface area contributed by atoms with Gasteiger partial charge in [-0.3, -0.25) is 4.79 Å². The molecule has 0 aromatic carbocycles. The summed E-state index contributed by atoms with van der Waals surface area (Å²) in [7, 11) is 1.91. The third-order valence-corrected chi connectivity index (χ3v) is 3.51. The fourth-order valence-electron chi connectivity index (χ4n) is 2.42. The highest BCUT2D eigenvalue weighted by Crippen LogP contribution is 2.11. The van der Waals surface area contributed by atoms with E-state index in [2.05, 4.69) is 20.3 Å². The molecule has 3 heterocycles. The molecular formula is C13H18N6O. The van der Waals surface area contributed by atoms with E-state index in [1.54, 1.807) is 12.5 Å². The van der Waals surface area contributed by atoms with Crippen LogP contribution in [0.2, 0.25) is 0 Å². The molecule has 0 atom stereocenters. The van der Waals surface area contributed by atoms with Crippen LogP contribution in [0.25, 0.3) is 11.2 Å². The van der Waals surface area contributed by atoms with E-state index in [9.17, 15) is 4.79 Å². The molecular weight excluding hydrogens is 256 g/mol. The lowest BCUT2D eigenvalue weighted by molar-refractivity contribution is -0.127. The molecule has 0 bridgehead atoms. The molecule has 7 heteroatoms. The van der Waals surface area contributed by atoms with Crippen molar-refractivity contribution in [3.05, 3.63) is 12.5 Å². The number of hydrogen-bond acceptors (Lipinski definition) is 5. The van der Waals surface area contributed by atoms with Gasteiger partial charge in [0.2, 0.25) is 11.9 Å². The number of nitrogens with one attached hydrogen (secondary N) is 1. The Kier molecular flexibility index (Phi) is 3.49. The second-order valence-corrected chi connectivity index (χ2v) is 5.02. The number of carbonyl (C=O) groups is 1. The van der Waals surface area contributed by atoms with Crippen molar-refractivity contribution in [2.75, 3.05) is 25.0 Å². The second-order valence-electron chi connectivity index (χ2n) is 5.02. The minimum atomic E-state index is 0.276. The first-order chi connectivity index (χ1) is 9.74. The van der Waals surface area contributed by atoms with Gasteiger partial charge in [0.05, 0.1) is 12.5 Å². The number of aryl methyl sites for hydroxylation is 1. The second kappa shape index (κ2) is 5.44. The third-order valence-electron chi connectivity index (χ3n) is 3.51. The summed E-state index contributed by atoms with van der Waals surface area (Å²) >= 11 is 0. The molecule has 0 unspecified atom stereocenters. The van der Waals surface area contributed by atoms with Crippen LogP contribution in [-0.2, 0) is 11.8 Å². The number of amides is 1. The molecule has 0 spiro atoms. The fourth-order valence-corrected chi connectivity index (χ4v) is 2.42. The van der Waals surface area contributed by atoms with Gasteiger partial charge >= 0.3 is 0 Å². The standard InChI is InChI=1S/C13H18N6O/c1-18-9-16-10-8-15-13(17-12(10)18)14-5-3-7-19-6-2-4-11(19)20/h8-9H,2-7H2,1H3,(H,14,15,17). The number of fused-ring (bicyclic) bond motifs is 1. The van der Waals surface area contributed by atoms with Crippen LogP contribution in [-0.4, -0.2) is 50.0 Å². The Hall–Kier alpha value is -2.18. The zero-order chi connectivity index (χ0) is 13.9. The molecule has 1 N–H and O–H groups in total. The Morgan fingerprint density at radius 2 is 2.30 bits per heavy atom. The van der Waals surface area contributed by atoms with Crippen LogP contribution in [0.4, 0.5) is 5.95 Å². The van der Waals surface area contributed by atoms with Crippen molar-refractivity contribution >= 4 is 23.0 Å². The van der Waals surface area contributed by atoms with E-state index in [0.717, 1.165) is 43.6 Å². The van der Waals surface area contributed by atoms with E-state index >= 15 is 0 Å². The number of nitrogens with zero attached hydrogens (tertiary/aromatic N) is 5. The van der Waals surface area contributed by atoms with Crippen LogP contribution >= 0.6 is 0 Å². The summed E-state index contributed by atoms with van der Waals surface area (Å²) in [5.41, 5.74) is 1.61. The summed E-state index contributed by atoms with van der Waals surface area (Å²) in [4.78, 5) is 26.2. The zero-order valence-corrected chi connectivity index (χ0v) is 11.5. The van der Waals surface area contributed by atoms with Crippen molar-refractivity contribution in [3.8, 4) is 0 Å². The quantitative estimate of drug-likeness (QED) is 0.816. The molecule has 3 rings (SSSR count). The molecule has 1 aliphatic heterocycles. The smallest absolute Gasteiger partial charge is 0.224 e. The lowest BCUT2D eigenvalue weighted by Gasteiger charge is -2.15. The van der Waals surface area contributed by atoms with E-state index in [1.807, 2.05) is 16.5 Å². The lowest BCUT2D eigenvalue weighted by atomic mass is 10.4. The Balaban J connectivity index is 1.52. The molecule has 106 valence electrons. The normalized spacial score (nSPS) is 15.2. The molecule has 0 saturated carbocycles. The van der Waals surface area contributed by atoms with Crippen LogP contribution in [0.1, 0.15) is 19.3 Å². The van der Waals surface area contributed by atoms with Crippen LogP contribution in [0.5, 0.6) is 0 Å². The molecule has 1 aliphatic rings. The maximum Gasteiger partial charge on any atom is 0.224 e. The number of anilines is 1. The van der Waals surface area contributed by atoms with Gasteiger partial charge in [-0.1, -0.05) is 0 Å². The summed E-state index contributed by atoms with van der Waals surface area (Å²) in [6, 6.07) is 0. The summed E-state index contributed by atoms with van der Waals surface area (Å²) in [6.07, 6.45) is 6.04. The fraction of sp³-hybridized carbons (Fsp3) is 0.538. The van der Waals surface area contributed by atoms with Gasteiger partial charge in [-0.25, -0.2) is 9.97 Å². The first-order valence-corrected chi connectivity index (χ1v) is 6.90. The van der Waals surface area contributed by atoms with Gasteiger partial charge in [0, 0.05) is 33.1 Å². The topological polar surface area (TPSA) is 75.9 Å². The van der Waals surface area contributed by atoms with Gasteiger partial charge < -0.3 is 14.8 Å². The largest absolute Gasteiger partial charge is 0.354 e. The van der Waals surface area contributed by atoms with E-state index in [0.29, 0.717) is 12.4 Å². The molecule has 1 fully saturated rings. The molecule has 0 radical (unpaired) electrons. The number of likely N-dealkylation sites (tertiary alicyclic amines) is 1. The van der Waals surface area contributed by atoms with E-state index in [1.165, 1.54) is 0 Å². The lowest BCUT2D eigenvalue weighted by Crippen LogP contribution is -2.27. The maximum atomic E-state index is 11.5. The van der Waals surface area contributed by atoms with Crippen molar-refractivity contribution in [1.29, 1.82) is 0 Å². The average molecular weight is 274 g/mol. The monoisotopic (exact) mass is 274 g/mol. The highest BCUT2D eigenvalue weighted by molar-refractivity contribution is 5.78. The molecule has 2 aromatic heterocycles. The maximum absolute atomic E-state index is 11.5. The van der Waals surface area contributed by atoms with Crippen LogP contribution < -0.4 is 5.32 Å². The minimum Gasteiger partial charge on any atom is -0.354 e. The number of carbonyl (C=O) groups excluding carboxylic acids is 1. The first-order valence-electron chi connectivity index (χ1n) is 6.90. The Bertz CT molecular complexity index is 622. The molecule has 2 aromatic rings. The van der Waals surface area contributed by atoms with Gasteiger partial charge in [0.15, 0.2) is 5.65 Å². The van der Waals surface area contributed by atoms with E-state index in [4.69, 9.17) is 0 Å². The summed E-state index contributed by atoms with van der Waals surface area (Å²) in [5, 5.41) is 3.19. The molecule has 1 saturated heterocycles. The third kappa shape index (κ3) is 2.56. The van der Waals surface area contributed by atoms with Crippen LogP contribution in [0.3, 0.4) is 0 Å². The van der Waals surface area contributed by atoms with E-state index in [-0.39, 0.29) is 5.91 Å². The zero-order valence-electron chi connectivity index (χ0n) is 11.5. The Morgan fingerprint density at radius 1 is 1.40 bits per heavy atom. The summed E-state index contributed by atoms with van der Waals surface area (Å²) < 4.78 is 1.87. The number of rotatable bonds is 5. The predicted octanol–water partition coefficient (Wildman–Crippen LogP) is 0.788. The van der Waals surface area contributed by atoms with Gasteiger partial charge in [0.1, 0.15) is 5.52 Å². The van der Waals surface area contributed by atoms with Gasteiger partial charge in [0.25, 0.3) is 0 Å². The summed E-state index contributed by atoms with van der Waals surface area (Å²) in [5.74, 6) is 0.881.